The van der Waals surface area contributed by atoms with E-state index in [0.29, 0.717) is 6.04 Å². The fraction of sp³-hybridized carbons (Fsp3) is 0.765. The average Bonchev–Trinajstić information content (AvgIpc) is 3.25. The van der Waals surface area contributed by atoms with Gasteiger partial charge in [0.05, 0.1) is 12.6 Å². The van der Waals surface area contributed by atoms with Crippen molar-refractivity contribution < 1.29 is 9.53 Å². The van der Waals surface area contributed by atoms with Crippen LogP contribution in [-0.4, -0.2) is 83.6 Å². The number of likely N-dealkylation sites (tertiary alicyclic amines) is 1. The van der Waals surface area contributed by atoms with Crippen molar-refractivity contribution in [3.63, 3.8) is 0 Å². The second-order valence-corrected chi connectivity index (χ2v) is 8.10. The highest BCUT2D eigenvalue weighted by atomic mass is 32.1. The molecule has 3 aliphatic heterocycles. The molecule has 0 spiro atoms. The van der Waals surface area contributed by atoms with E-state index < -0.39 is 0 Å². The van der Waals surface area contributed by atoms with Crippen LogP contribution in [0.1, 0.15) is 24.3 Å². The molecule has 0 saturated carbocycles. The Morgan fingerprint density at radius 1 is 1.25 bits per heavy atom. The third-order valence-corrected chi connectivity index (χ3v) is 6.34. The van der Waals surface area contributed by atoms with Gasteiger partial charge in [0.2, 0.25) is 0 Å². The van der Waals surface area contributed by atoms with E-state index in [0.717, 1.165) is 58.5 Å². The summed E-state index contributed by atoms with van der Waals surface area (Å²) >= 11 is 1.72. The molecule has 0 radical (unpaired) electrons. The third kappa shape index (κ3) is 3.35. The van der Waals surface area contributed by atoms with Crippen LogP contribution in [0.3, 0.4) is 0 Å². The summed E-state index contributed by atoms with van der Waals surface area (Å²) in [6, 6.07) is 0.449. The van der Waals surface area contributed by atoms with Crippen LogP contribution < -0.4 is 0 Å². The molecule has 132 valence electrons. The van der Waals surface area contributed by atoms with Crippen LogP contribution in [0.5, 0.6) is 0 Å². The van der Waals surface area contributed by atoms with Gasteiger partial charge in [0.1, 0.15) is 11.1 Å². The first-order chi connectivity index (χ1) is 11.7. The van der Waals surface area contributed by atoms with Crippen LogP contribution in [0.25, 0.3) is 0 Å². The number of hydrogen-bond acceptors (Lipinski definition) is 6. The van der Waals surface area contributed by atoms with E-state index in [2.05, 4.69) is 21.8 Å². The third-order valence-electron chi connectivity index (χ3n) is 5.57. The zero-order valence-corrected chi connectivity index (χ0v) is 15.1. The van der Waals surface area contributed by atoms with Gasteiger partial charge in [-0.1, -0.05) is 0 Å². The average molecular weight is 350 g/mol. The second kappa shape index (κ2) is 7.07. The summed E-state index contributed by atoms with van der Waals surface area (Å²) in [4.78, 5) is 23.9. The minimum absolute atomic E-state index is 0.208. The van der Waals surface area contributed by atoms with Gasteiger partial charge < -0.3 is 14.5 Å². The normalized spacial score (nSPS) is 32.0. The van der Waals surface area contributed by atoms with Gasteiger partial charge in [-0.05, 0) is 26.3 Å². The van der Waals surface area contributed by atoms with Crippen molar-refractivity contribution in [2.45, 2.75) is 44.1 Å². The molecule has 0 aliphatic carbocycles. The van der Waals surface area contributed by atoms with Gasteiger partial charge in [0.15, 0.2) is 0 Å². The van der Waals surface area contributed by atoms with E-state index in [9.17, 15) is 4.79 Å². The zero-order valence-electron chi connectivity index (χ0n) is 14.3. The molecule has 6 nitrogen and oxygen atoms in total. The van der Waals surface area contributed by atoms with Crippen LogP contribution in [0.15, 0.2) is 11.6 Å². The Balaban J connectivity index is 1.33. The number of ether oxygens (including phenoxy) is 1. The maximum absolute atomic E-state index is 12.7. The molecule has 24 heavy (non-hydrogen) atoms. The number of nitrogens with zero attached hydrogens (tertiary/aromatic N) is 4. The lowest BCUT2D eigenvalue weighted by atomic mass is 9.98. The summed E-state index contributed by atoms with van der Waals surface area (Å²) in [5.74, 6) is 0.208. The van der Waals surface area contributed by atoms with Gasteiger partial charge in [-0.15, -0.1) is 11.3 Å². The van der Waals surface area contributed by atoms with Crippen LogP contribution in [0, 0.1) is 0 Å². The number of likely N-dealkylation sites (N-methyl/N-ethyl adjacent to an activating group) is 1. The molecule has 0 unspecified atom stereocenters. The highest BCUT2D eigenvalue weighted by molar-refractivity contribution is 7.09. The molecule has 0 aromatic carbocycles. The molecular weight excluding hydrogens is 324 g/mol. The van der Waals surface area contributed by atoms with Crippen molar-refractivity contribution >= 4 is 17.2 Å². The van der Waals surface area contributed by atoms with E-state index in [4.69, 9.17) is 4.74 Å². The molecule has 3 aliphatic rings. The summed E-state index contributed by atoms with van der Waals surface area (Å²) in [7, 11) is 2.11. The van der Waals surface area contributed by atoms with Crippen molar-refractivity contribution in [2.24, 2.45) is 0 Å². The van der Waals surface area contributed by atoms with Gasteiger partial charge in [-0.3, -0.25) is 9.69 Å². The van der Waals surface area contributed by atoms with Gasteiger partial charge in [-0.25, -0.2) is 4.98 Å². The Kier molecular flexibility index (Phi) is 4.85. The van der Waals surface area contributed by atoms with E-state index in [-0.39, 0.29) is 18.1 Å². The van der Waals surface area contributed by atoms with Crippen molar-refractivity contribution in [2.75, 3.05) is 39.8 Å². The lowest BCUT2D eigenvalue weighted by Gasteiger charge is -2.39. The quantitative estimate of drug-likeness (QED) is 0.815. The molecular formula is C17H26N4O2S. The number of hydrogen-bond donors (Lipinski definition) is 0. The Hall–Kier alpha value is -1.02. The maximum Gasteiger partial charge on any atom is 0.251 e. The number of carbonyl (C=O) groups is 1. The first kappa shape index (κ1) is 16.4. The molecule has 1 aromatic heterocycles. The molecule has 4 heterocycles. The van der Waals surface area contributed by atoms with Gasteiger partial charge >= 0.3 is 0 Å². The Morgan fingerprint density at radius 3 is 2.83 bits per heavy atom. The minimum atomic E-state index is -0.227. The molecule has 1 aromatic rings. The Bertz CT molecular complexity index is 559. The molecule has 0 bridgehead atoms. The number of thiazole rings is 1. The van der Waals surface area contributed by atoms with E-state index in [1.54, 1.807) is 11.3 Å². The topological polar surface area (TPSA) is 48.9 Å². The number of aromatic nitrogens is 1. The van der Waals surface area contributed by atoms with Crippen LogP contribution in [-0.2, 0) is 16.1 Å². The predicted octanol–water partition coefficient (Wildman–Crippen LogP) is 1.04. The van der Waals surface area contributed by atoms with Crippen molar-refractivity contribution in [1.29, 1.82) is 0 Å². The largest absolute Gasteiger partial charge is 0.363 e. The first-order valence-electron chi connectivity index (χ1n) is 8.96. The highest BCUT2D eigenvalue weighted by Gasteiger charge is 2.42. The van der Waals surface area contributed by atoms with Gasteiger partial charge in [0, 0.05) is 50.3 Å². The fourth-order valence-corrected chi connectivity index (χ4v) is 4.77. The molecule has 3 saturated heterocycles. The SMILES string of the molecule is CN1CCN(C(=O)[C@H]2CC[C@@H]3[C@@H](CCN3Cc3nccs3)O2)CC1. The lowest BCUT2D eigenvalue weighted by molar-refractivity contribution is -0.156. The summed E-state index contributed by atoms with van der Waals surface area (Å²) in [5, 5.41) is 3.21. The van der Waals surface area contributed by atoms with Gasteiger partial charge in [0.25, 0.3) is 5.91 Å². The highest BCUT2D eigenvalue weighted by Crippen LogP contribution is 2.33. The number of amides is 1. The fourth-order valence-electron chi connectivity index (χ4n) is 4.13. The van der Waals surface area contributed by atoms with Crippen LogP contribution in [0.4, 0.5) is 0 Å². The minimum Gasteiger partial charge on any atom is -0.363 e. The molecule has 3 fully saturated rings. The number of rotatable bonds is 3. The number of piperazine rings is 1. The number of carbonyl (C=O) groups excluding carboxylic acids is 1. The summed E-state index contributed by atoms with van der Waals surface area (Å²) in [6.07, 6.45) is 4.79. The number of fused-ring (bicyclic) bond motifs is 1. The van der Waals surface area contributed by atoms with E-state index in [1.165, 1.54) is 5.01 Å². The summed E-state index contributed by atoms with van der Waals surface area (Å²) in [6.45, 7) is 5.56. The molecule has 7 heteroatoms. The van der Waals surface area contributed by atoms with Crippen molar-refractivity contribution in [1.82, 2.24) is 19.7 Å². The standard InChI is InChI=1S/C17H26N4O2S/c1-19-7-9-20(10-8-19)17(22)15-3-2-13-14(23-15)4-6-21(13)12-16-18-5-11-24-16/h5,11,13-15H,2-4,6-10,12H2,1H3/t13-,14-,15-/m1/s1. The molecule has 3 atom stereocenters. The molecule has 0 N–H and O–H groups in total. The second-order valence-electron chi connectivity index (χ2n) is 7.12. The van der Waals surface area contributed by atoms with Crippen molar-refractivity contribution in [3.8, 4) is 0 Å². The summed E-state index contributed by atoms with van der Waals surface area (Å²) in [5.41, 5.74) is 0. The van der Waals surface area contributed by atoms with Crippen molar-refractivity contribution in [3.05, 3.63) is 16.6 Å². The summed E-state index contributed by atoms with van der Waals surface area (Å²) < 4.78 is 6.24. The zero-order chi connectivity index (χ0) is 16.5. The lowest BCUT2D eigenvalue weighted by Crippen LogP contribution is -2.53. The van der Waals surface area contributed by atoms with Crippen LogP contribution >= 0.6 is 11.3 Å². The smallest absolute Gasteiger partial charge is 0.251 e. The van der Waals surface area contributed by atoms with Gasteiger partial charge in [-0.2, -0.15) is 0 Å². The molecule has 1 amide bonds. The predicted molar refractivity (Wildman–Crippen MR) is 92.9 cm³/mol. The molecule has 4 rings (SSSR count). The van der Waals surface area contributed by atoms with E-state index in [1.807, 2.05) is 16.5 Å². The Labute approximate surface area is 147 Å². The maximum atomic E-state index is 12.7. The Morgan fingerprint density at radius 2 is 2.08 bits per heavy atom. The first-order valence-corrected chi connectivity index (χ1v) is 9.84. The van der Waals surface area contributed by atoms with Crippen LogP contribution in [0.2, 0.25) is 0 Å². The monoisotopic (exact) mass is 350 g/mol. The van der Waals surface area contributed by atoms with E-state index >= 15 is 0 Å².